The molecule has 2 atom stereocenters. The summed E-state index contributed by atoms with van der Waals surface area (Å²) in [6.45, 7) is 2.12. The number of nitrogens with zero attached hydrogens (tertiary/aromatic N) is 3. The Morgan fingerprint density at radius 3 is 2.79 bits per heavy atom. The third kappa shape index (κ3) is 2.97. The zero-order valence-corrected chi connectivity index (χ0v) is 11.8. The average molecular weight is 264 g/mol. The summed E-state index contributed by atoms with van der Waals surface area (Å²) in [5.74, 6) is 1.43. The molecule has 1 aliphatic rings. The number of hydrogen-bond acceptors (Lipinski definition) is 5. The van der Waals surface area contributed by atoms with Crippen molar-refractivity contribution < 1.29 is 5.11 Å². The van der Waals surface area contributed by atoms with E-state index in [0.717, 1.165) is 49.9 Å². The molecule has 1 aromatic heterocycles. The van der Waals surface area contributed by atoms with Crippen molar-refractivity contribution in [2.75, 3.05) is 17.7 Å². The number of rotatable bonds is 4. The molecule has 0 aliphatic heterocycles. The minimum atomic E-state index is -0.274. The maximum absolute atomic E-state index is 10.2. The monoisotopic (exact) mass is 264 g/mol. The van der Waals surface area contributed by atoms with Crippen LogP contribution in [-0.4, -0.2) is 34.3 Å². The Morgan fingerprint density at radius 2 is 2.11 bits per heavy atom. The van der Waals surface area contributed by atoms with Crippen LogP contribution in [0.2, 0.25) is 0 Å². The second-order valence-electron chi connectivity index (χ2n) is 5.34. The van der Waals surface area contributed by atoms with Gasteiger partial charge in [0.05, 0.1) is 12.1 Å². The topological polar surface area (TPSA) is 75.3 Å². The van der Waals surface area contributed by atoms with Crippen molar-refractivity contribution in [1.29, 1.82) is 0 Å². The molecular formula is C14H24N4O. The van der Waals surface area contributed by atoms with Crippen molar-refractivity contribution in [2.24, 2.45) is 0 Å². The molecule has 0 radical (unpaired) electrons. The smallest absolute Gasteiger partial charge is 0.137 e. The molecule has 0 saturated heterocycles. The van der Waals surface area contributed by atoms with Gasteiger partial charge in [0.25, 0.3) is 0 Å². The predicted molar refractivity (Wildman–Crippen MR) is 77.1 cm³/mol. The van der Waals surface area contributed by atoms with Crippen LogP contribution in [-0.2, 0) is 6.42 Å². The molecule has 106 valence electrons. The molecule has 5 nitrogen and oxygen atoms in total. The highest BCUT2D eigenvalue weighted by molar-refractivity contribution is 5.57. The second-order valence-corrected chi connectivity index (χ2v) is 5.34. The Balaban J connectivity index is 2.27. The largest absolute Gasteiger partial charge is 0.391 e. The van der Waals surface area contributed by atoms with E-state index in [4.69, 9.17) is 5.73 Å². The van der Waals surface area contributed by atoms with Crippen LogP contribution in [0.5, 0.6) is 0 Å². The van der Waals surface area contributed by atoms with Crippen LogP contribution in [0.25, 0.3) is 0 Å². The minimum Gasteiger partial charge on any atom is -0.391 e. The van der Waals surface area contributed by atoms with Gasteiger partial charge in [-0.25, -0.2) is 9.97 Å². The Labute approximate surface area is 114 Å². The van der Waals surface area contributed by atoms with E-state index in [1.807, 2.05) is 7.05 Å². The average Bonchev–Trinajstić information content (AvgIpc) is 2.41. The highest BCUT2D eigenvalue weighted by atomic mass is 16.3. The third-order valence-corrected chi connectivity index (χ3v) is 3.98. The normalized spacial score (nSPS) is 23.3. The Hall–Kier alpha value is -1.36. The van der Waals surface area contributed by atoms with Gasteiger partial charge < -0.3 is 15.7 Å². The van der Waals surface area contributed by atoms with Crippen molar-refractivity contribution in [3.63, 3.8) is 0 Å². The van der Waals surface area contributed by atoms with Gasteiger partial charge in [-0.15, -0.1) is 0 Å². The molecule has 1 aliphatic carbocycles. The van der Waals surface area contributed by atoms with E-state index in [1.165, 1.54) is 6.33 Å². The lowest BCUT2D eigenvalue weighted by molar-refractivity contribution is 0.106. The first-order valence-corrected chi connectivity index (χ1v) is 7.15. The zero-order valence-electron chi connectivity index (χ0n) is 11.8. The SMILES string of the molecule is CCCc1c(N)ncnc1N(C)C1CCCCC1O. The van der Waals surface area contributed by atoms with Gasteiger partial charge in [-0.2, -0.15) is 0 Å². The maximum Gasteiger partial charge on any atom is 0.137 e. The van der Waals surface area contributed by atoms with Gasteiger partial charge in [0.15, 0.2) is 0 Å². The molecule has 2 rings (SSSR count). The number of aliphatic hydroxyl groups is 1. The first-order valence-electron chi connectivity index (χ1n) is 7.15. The van der Waals surface area contributed by atoms with E-state index in [2.05, 4.69) is 21.8 Å². The van der Waals surface area contributed by atoms with Gasteiger partial charge in [-0.3, -0.25) is 0 Å². The summed E-state index contributed by atoms with van der Waals surface area (Å²) in [6, 6.07) is 0.138. The van der Waals surface area contributed by atoms with Gasteiger partial charge in [0.2, 0.25) is 0 Å². The first kappa shape index (κ1) is 14.1. The number of aromatic nitrogens is 2. The first-order chi connectivity index (χ1) is 9.15. The summed E-state index contributed by atoms with van der Waals surface area (Å²) >= 11 is 0. The Morgan fingerprint density at radius 1 is 1.37 bits per heavy atom. The molecule has 0 aromatic carbocycles. The van der Waals surface area contributed by atoms with Crippen LogP contribution in [0.15, 0.2) is 6.33 Å². The Bertz CT molecular complexity index is 424. The number of hydrogen-bond donors (Lipinski definition) is 2. The van der Waals surface area contributed by atoms with E-state index in [-0.39, 0.29) is 12.1 Å². The molecule has 1 heterocycles. The predicted octanol–water partition coefficient (Wildman–Crippen LogP) is 1.75. The van der Waals surface area contributed by atoms with Gasteiger partial charge in [-0.05, 0) is 19.3 Å². The lowest BCUT2D eigenvalue weighted by Crippen LogP contribution is -2.44. The number of likely N-dealkylation sites (N-methyl/N-ethyl adjacent to an activating group) is 1. The molecule has 5 heteroatoms. The van der Waals surface area contributed by atoms with Crippen LogP contribution < -0.4 is 10.6 Å². The van der Waals surface area contributed by atoms with Crippen LogP contribution >= 0.6 is 0 Å². The van der Waals surface area contributed by atoms with Crippen molar-refractivity contribution in [2.45, 2.75) is 57.6 Å². The lowest BCUT2D eigenvalue weighted by Gasteiger charge is -2.36. The molecule has 3 N–H and O–H groups in total. The summed E-state index contributed by atoms with van der Waals surface area (Å²) in [6.07, 6.45) is 7.27. The van der Waals surface area contributed by atoms with Crippen LogP contribution in [0.1, 0.15) is 44.6 Å². The zero-order chi connectivity index (χ0) is 13.8. The van der Waals surface area contributed by atoms with E-state index in [0.29, 0.717) is 5.82 Å². The lowest BCUT2D eigenvalue weighted by atomic mass is 9.91. The summed E-state index contributed by atoms with van der Waals surface area (Å²) < 4.78 is 0. The highest BCUT2D eigenvalue weighted by Crippen LogP contribution is 2.29. The molecular weight excluding hydrogens is 240 g/mol. The summed E-state index contributed by atoms with van der Waals surface area (Å²) in [7, 11) is 2.00. The van der Waals surface area contributed by atoms with Crippen LogP contribution in [0.4, 0.5) is 11.6 Å². The van der Waals surface area contributed by atoms with Crippen molar-refractivity contribution in [3.8, 4) is 0 Å². The quantitative estimate of drug-likeness (QED) is 0.866. The van der Waals surface area contributed by atoms with E-state index in [9.17, 15) is 5.11 Å². The third-order valence-electron chi connectivity index (χ3n) is 3.98. The van der Waals surface area contributed by atoms with Crippen LogP contribution in [0, 0.1) is 0 Å². The highest BCUT2D eigenvalue weighted by Gasteiger charge is 2.28. The molecule has 0 amide bonds. The summed E-state index contributed by atoms with van der Waals surface area (Å²) in [5.41, 5.74) is 6.97. The molecule has 1 fully saturated rings. The fraction of sp³-hybridized carbons (Fsp3) is 0.714. The molecule has 0 bridgehead atoms. The van der Waals surface area contributed by atoms with E-state index < -0.39 is 0 Å². The standard InChI is InChI=1S/C14H24N4O/c1-3-6-10-13(15)16-9-17-14(10)18(2)11-7-4-5-8-12(11)19/h9,11-12,19H,3-8H2,1-2H3,(H2,15,16,17). The molecule has 1 aromatic rings. The molecule has 1 saturated carbocycles. The molecule has 0 spiro atoms. The summed E-state index contributed by atoms with van der Waals surface area (Å²) in [4.78, 5) is 10.6. The van der Waals surface area contributed by atoms with Gasteiger partial charge in [0.1, 0.15) is 18.0 Å². The van der Waals surface area contributed by atoms with Crippen molar-refractivity contribution >= 4 is 11.6 Å². The van der Waals surface area contributed by atoms with Gasteiger partial charge >= 0.3 is 0 Å². The summed E-state index contributed by atoms with van der Waals surface area (Å²) in [5, 5.41) is 10.2. The van der Waals surface area contributed by atoms with E-state index in [1.54, 1.807) is 0 Å². The number of nitrogen functional groups attached to an aromatic ring is 1. The minimum absolute atomic E-state index is 0.138. The maximum atomic E-state index is 10.2. The second kappa shape index (κ2) is 6.19. The molecule has 2 unspecified atom stereocenters. The number of nitrogens with two attached hydrogens (primary N) is 1. The number of aliphatic hydroxyl groups excluding tert-OH is 1. The number of anilines is 2. The van der Waals surface area contributed by atoms with E-state index >= 15 is 0 Å². The Kier molecular flexibility index (Phi) is 4.58. The van der Waals surface area contributed by atoms with Crippen molar-refractivity contribution in [1.82, 2.24) is 9.97 Å². The fourth-order valence-corrected chi connectivity index (χ4v) is 2.91. The van der Waals surface area contributed by atoms with Gasteiger partial charge in [-0.1, -0.05) is 26.2 Å². The van der Waals surface area contributed by atoms with Gasteiger partial charge in [0, 0.05) is 12.6 Å². The van der Waals surface area contributed by atoms with Crippen LogP contribution in [0.3, 0.4) is 0 Å². The molecule has 19 heavy (non-hydrogen) atoms. The fourth-order valence-electron chi connectivity index (χ4n) is 2.91. The van der Waals surface area contributed by atoms with Crippen molar-refractivity contribution in [3.05, 3.63) is 11.9 Å².